The number of carbonyl (C=O) groups is 2. The zero-order chi connectivity index (χ0) is 23.2. The Morgan fingerprint density at radius 1 is 1.06 bits per heavy atom. The lowest BCUT2D eigenvalue weighted by atomic mass is 10.0. The lowest BCUT2D eigenvalue weighted by Crippen LogP contribution is -2.53. The summed E-state index contributed by atoms with van der Waals surface area (Å²) in [5.74, 6) is -1.02. The van der Waals surface area contributed by atoms with Gasteiger partial charge in [0.05, 0.1) is 18.8 Å². The van der Waals surface area contributed by atoms with Crippen LogP contribution in [0, 0.1) is 5.82 Å². The van der Waals surface area contributed by atoms with Crippen LogP contribution in [0.3, 0.4) is 0 Å². The number of halogens is 1. The number of hydrogen-bond acceptors (Lipinski definition) is 6. The minimum absolute atomic E-state index is 0.0535. The predicted octanol–water partition coefficient (Wildman–Crippen LogP) is 3.16. The van der Waals surface area contributed by atoms with Crippen LogP contribution in [0.25, 0.3) is 0 Å². The minimum Gasteiger partial charge on any atom is -0.467 e. The van der Waals surface area contributed by atoms with Crippen molar-refractivity contribution in [1.82, 2.24) is 15.5 Å². The first-order chi connectivity index (χ1) is 16.0. The second kappa shape index (κ2) is 10.6. The molecule has 1 fully saturated rings. The zero-order valence-corrected chi connectivity index (χ0v) is 19.2. The number of hydrogen-bond donors (Lipinski definition) is 2. The summed E-state index contributed by atoms with van der Waals surface area (Å²) < 4.78 is 18.4. The number of nitrogens with zero attached hydrogens (tertiary/aromatic N) is 2. The van der Waals surface area contributed by atoms with Gasteiger partial charge in [0.1, 0.15) is 11.6 Å². The number of carbonyl (C=O) groups excluding carboxylic acids is 2. The Kier molecular flexibility index (Phi) is 7.41. The minimum atomic E-state index is -0.690. The van der Waals surface area contributed by atoms with E-state index in [1.165, 1.54) is 18.4 Å². The number of anilines is 1. The predicted molar refractivity (Wildman–Crippen MR) is 125 cm³/mol. The van der Waals surface area contributed by atoms with Crippen molar-refractivity contribution >= 4 is 28.8 Å². The highest BCUT2D eigenvalue weighted by atomic mass is 32.1. The Balaban J connectivity index is 1.37. The third-order valence-electron chi connectivity index (χ3n) is 5.78. The molecule has 174 valence electrons. The number of thiophene rings is 1. The van der Waals surface area contributed by atoms with Crippen molar-refractivity contribution in [3.63, 3.8) is 0 Å². The molecule has 2 amide bonds. The number of nitrogens with one attached hydrogen (secondary N) is 2. The normalized spacial score (nSPS) is 16.2. The van der Waals surface area contributed by atoms with Gasteiger partial charge in [-0.3, -0.25) is 14.5 Å². The lowest BCUT2D eigenvalue weighted by Gasteiger charge is -2.42. The second-order valence-corrected chi connectivity index (χ2v) is 8.96. The number of rotatable bonds is 7. The fraction of sp³-hybridized carbons (Fsp3) is 0.333. The molecular weight excluding hydrogens is 443 g/mol. The van der Waals surface area contributed by atoms with E-state index in [4.69, 9.17) is 4.42 Å². The maximum absolute atomic E-state index is 13.3. The van der Waals surface area contributed by atoms with Crippen molar-refractivity contribution in [3.05, 3.63) is 76.6 Å². The first kappa shape index (κ1) is 23.0. The summed E-state index contributed by atoms with van der Waals surface area (Å²) in [4.78, 5) is 30.5. The molecule has 33 heavy (non-hydrogen) atoms. The van der Waals surface area contributed by atoms with Gasteiger partial charge in [-0.15, -0.1) is 11.3 Å². The van der Waals surface area contributed by atoms with Crippen LogP contribution in [0.2, 0.25) is 0 Å². The van der Waals surface area contributed by atoms with Crippen LogP contribution in [-0.2, 0) is 16.1 Å². The number of piperazine rings is 1. The summed E-state index contributed by atoms with van der Waals surface area (Å²) >= 11 is 1.63. The van der Waals surface area contributed by atoms with Gasteiger partial charge in [-0.05, 0) is 54.8 Å². The van der Waals surface area contributed by atoms with Crippen LogP contribution in [0.4, 0.5) is 10.1 Å². The third kappa shape index (κ3) is 5.80. The molecule has 3 heterocycles. The van der Waals surface area contributed by atoms with Gasteiger partial charge in [-0.1, -0.05) is 6.07 Å². The molecular formula is C24H27FN4O3S. The van der Waals surface area contributed by atoms with Gasteiger partial charge in [0.15, 0.2) is 0 Å². The first-order valence-electron chi connectivity index (χ1n) is 10.9. The van der Waals surface area contributed by atoms with Crippen LogP contribution in [0.15, 0.2) is 64.6 Å². The fourth-order valence-corrected chi connectivity index (χ4v) is 5.09. The molecule has 0 saturated carbocycles. The van der Waals surface area contributed by atoms with Crippen molar-refractivity contribution in [2.24, 2.45) is 0 Å². The highest BCUT2D eigenvalue weighted by molar-refractivity contribution is 7.10. The molecule has 1 aliphatic rings. The van der Waals surface area contributed by atoms with Crippen LogP contribution >= 0.6 is 11.3 Å². The molecule has 2 unspecified atom stereocenters. The van der Waals surface area contributed by atoms with Gasteiger partial charge >= 0.3 is 11.8 Å². The Labute approximate surface area is 196 Å². The van der Waals surface area contributed by atoms with Crippen molar-refractivity contribution in [3.8, 4) is 0 Å². The Morgan fingerprint density at radius 3 is 2.45 bits per heavy atom. The molecule has 0 radical (unpaired) electrons. The monoisotopic (exact) mass is 470 g/mol. The Hall–Kier alpha value is -3.17. The second-order valence-electron chi connectivity index (χ2n) is 7.98. The molecule has 9 heteroatoms. The van der Waals surface area contributed by atoms with Gasteiger partial charge in [0.25, 0.3) is 0 Å². The Bertz CT molecular complexity index is 1030. The van der Waals surface area contributed by atoms with E-state index in [2.05, 4.69) is 26.5 Å². The van der Waals surface area contributed by atoms with E-state index in [1.54, 1.807) is 35.6 Å². The molecule has 0 spiro atoms. The van der Waals surface area contributed by atoms with Crippen LogP contribution < -0.4 is 15.5 Å². The molecule has 1 aromatic carbocycles. The highest BCUT2D eigenvalue weighted by Crippen LogP contribution is 2.30. The van der Waals surface area contributed by atoms with E-state index in [1.807, 2.05) is 18.4 Å². The average molecular weight is 471 g/mol. The summed E-state index contributed by atoms with van der Waals surface area (Å²) in [6.45, 7) is 5.23. The standard InChI is InChI=1S/C24H27FN4O3S/c1-17(27-24(31)23(30)26-16-20-4-2-14-32-20)22(21-5-3-15-33-21)29-12-10-28(11-13-29)19-8-6-18(25)7-9-19/h2-9,14-15,17,22H,10-13,16H2,1H3,(H,26,30)(H,27,31). The van der Waals surface area contributed by atoms with Gasteiger partial charge in [-0.2, -0.15) is 0 Å². The molecule has 1 aliphatic heterocycles. The maximum Gasteiger partial charge on any atom is 0.309 e. The molecule has 7 nitrogen and oxygen atoms in total. The molecule has 0 aliphatic carbocycles. The van der Waals surface area contributed by atoms with E-state index < -0.39 is 11.8 Å². The van der Waals surface area contributed by atoms with Crippen LogP contribution in [-0.4, -0.2) is 48.9 Å². The average Bonchev–Trinajstić information content (AvgIpc) is 3.53. The number of benzene rings is 1. The fourth-order valence-electron chi connectivity index (χ4n) is 4.12. The Morgan fingerprint density at radius 2 is 1.82 bits per heavy atom. The van der Waals surface area contributed by atoms with Gasteiger partial charge < -0.3 is 20.0 Å². The summed E-state index contributed by atoms with van der Waals surface area (Å²) in [5, 5.41) is 7.47. The zero-order valence-electron chi connectivity index (χ0n) is 18.4. The molecule has 2 N–H and O–H groups in total. The molecule has 0 bridgehead atoms. The quantitative estimate of drug-likeness (QED) is 0.519. The van der Waals surface area contributed by atoms with Gasteiger partial charge in [0, 0.05) is 42.8 Å². The van der Waals surface area contributed by atoms with Gasteiger partial charge in [-0.25, -0.2) is 4.39 Å². The molecule has 4 rings (SSSR count). The lowest BCUT2D eigenvalue weighted by molar-refractivity contribution is -0.140. The molecule has 2 aromatic heterocycles. The van der Waals surface area contributed by atoms with Crippen molar-refractivity contribution < 1.29 is 18.4 Å². The van der Waals surface area contributed by atoms with E-state index >= 15 is 0 Å². The van der Waals surface area contributed by atoms with E-state index in [-0.39, 0.29) is 24.4 Å². The van der Waals surface area contributed by atoms with Crippen LogP contribution in [0.5, 0.6) is 0 Å². The van der Waals surface area contributed by atoms with Crippen molar-refractivity contribution in [2.45, 2.75) is 25.6 Å². The molecule has 2 atom stereocenters. The number of amides is 2. The summed E-state index contributed by atoms with van der Waals surface area (Å²) in [6.07, 6.45) is 1.52. The van der Waals surface area contributed by atoms with Crippen LogP contribution in [0.1, 0.15) is 23.6 Å². The largest absolute Gasteiger partial charge is 0.467 e. The SMILES string of the molecule is CC(NC(=O)C(=O)NCc1ccco1)C(c1cccs1)N1CCN(c2ccc(F)cc2)CC1. The van der Waals surface area contributed by atoms with E-state index in [9.17, 15) is 14.0 Å². The maximum atomic E-state index is 13.3. The summed E-state index contributed by atoms with van der Waals surface area (Å²) in [6, 6.07) is 13.7. The third-order valence-corrected chi connectivity index (χ3v) is 6.72. The summed E-state index contributed by atoms with van der Waals surface area (Å²) in [5.41, 5.74) is 0.998. The van der Waals surface area contributed by atoms with Crippen molar-refractivity contribution in [2.75, 3.05) is 31.1 Å². The topological polar surface area (TPSA) is 77.8 Å². The smallest absolute Gasteiger partial charge is 0.309 e. The number of furan rings is 1. The van der Waals surface area contributed by atoms with E-state index in [0.717, 1.165) is 36.7 Å². The first-order valence-corrected chi connectivity index (χ1v) is 11.8. The van der Waals surface area contributed by atoms with Gasteiger partial charge in [0.2, 0.25) is 0 Å². The highest BCUT2D eigenvalue weighted by Gasteiger charge is 2.32. The molecule has 3 aromatic rings. The molecule has 1 saturated heterocycles. The summed E-state index contributed by atoms with van der Waals surface area (Å²) in [7, 11) is 0. The van der Waals surface area contributed by atoms with Crippen molar-refractivity contribution in [1.29, 1.82) is 0 Å². The van der Waals surface area contributed by atoms with E-state index in [0.29, 0.717) is 5.76 Å².